The fourth-order valence-corrected chi connectivity index (χ4v) is 1.98. The van der Waals surface area contributed by atoms with Crippen LogP contribution in [0.1, 0.15) is 18.5 Å². The molecule has 2 aromatic rings. The molecular formula is C11H13ClN2. The molecule has 74 valence electrons. The number of halogens is 1. The third kappa shape index (κ3) is 1.41. The molecule has 2 rings (SSSR count). The first-order valence-corrected chi connectivity index (χ1v) is 5.08. The molecule has 0 bridgehead atoms. The first-order valence-electron chi connectivity index (χ1n) is 4.70. The van der Waals surface area contributed by atoms with Gasteiger partial charge in [-0.15, -0.1) is 0 Å². The third-order valence-electron chi connectivity index (χ3n) is 2.52. The molecule has 0 saturated heterocycles. The van der Waals surface area contributed by atoms with Gasteiger partial charge in [0.2, 0.25) is 0 Å². The Labute approximate surface area is 88.1 Å². The second kappa shape index (κ2) is 3.64. The monoisotopic (exact) mass is 208 g/mol. The minimum Gasteiger partial charge on any atom is -0.357 e. The van der Waals surface area contributed by atoms with Crippen LogP contribution in [0, 0.1) is 0 Å². The molecule has 3 heteroatoms. The van der Waals surface area contributed by atoms with E-state index in [4.69, 9.17) is 17.3 Å². The van der Waals surface area contributed by atoms with Crippen LogP contribution in [0.15, 0.2) is 24.3 Å². The van der Waals surface area contributed by atoms with Gasteiger partial charge in [-0.2, -0.15) is 0 Å². The number of H-pyrrole nitrogens is 1. The van der Waals surface area contributed by atoms with Gasteiger partial charge in [0.25, 0.3) is 0 Å². The molecule has 1 atom stereocenters. The minimum absolute atomic E-state index is 0.273. The molecule has 0 spiro atoms. The molecule has 0 aliphatic heterocycles. The molecule has 1 aromatic carbocycles. The highest BCUT2D eigenvalue weighted by Gasteiger charge is 2.13. The molecule has 1 heterocycles. The van der Waals surface area contributed by atoms with Crippen molar-refractivity contribution in [2.45, 2.75) is 12.8 Å². The maximum Gasteiger partial charge on any atom is 0.0695 e. The fraction of sp³-hybridized carbons (Fsp3) is 0.273. The molecule has 2 nitrogen and oxygen atoms in total. The second-order valence-electron chi connectivity index (χ2n) is 3.53. The number of rotatable bonds is 2. The molecule has 1 aromatic heterocycles. The predicted octanol–water partition coefficient (Wildman–Crippen LogP) is 2.88. The summed E-state index contributed by atoms with van der Waals surface area (Å²) in [4.78, 5) is 3.30. The Morgan fingerprint density at radius 1 is 1.43 bits per heavy atom. The van der Waals surface area contributed by atoms with Gasteiger partial charge in [-0.25, -0.2) is 0 Å². The highest BCUT2D eigenvalue weighted by molar-refractivity contribution is 6.36. The van der Waals surface area contributed by atoms with Crippen molar-refractivity contribution in [2.75, 3.05) is 6.54 Å². The summed E-state index contributed by atoms with van der Waals surface area (Å²) in [7, 11) is 0. The van der Waals surface area contributed by atoms with Crippen LogP contribution in [-0.2, 0) is 0 Å². The zero-order valence-corrected chi connectivity index (χ0v) is 8.81. The largest absolute Gasteiger partial charge is 0.357 e. The first kappa shape index (κ1) is 9.56. The summed E-state index contributed by atoms with van der Waals surface area (Å²) < 4.78 is 0. The smallest absolute Gasteiger partial charge is 0.0695 e. The number of aromatic amines is 1. The van der Waals surface area contributed by atoms with Gasteiger partial charge in [0, 0.05) is 29.1 Å². The van der Waals surface area contributed by atoms with Crippen LogP contribution in [0.3, 0.4) is 0 Å². The summed E-state index contributed by atoms with van der Waals surface area (Å²) in [6.45, 7) is 2.67. The highest BCUT2D eigenvalue weighted by Crippen LogP contribution is 2.31. The number of fused-ring (bicyclic) bond motifs is 1. The van der Waals surface area contributed by atoms with E-state index in [2.05, 4.69) is 11.9 Å². The number of aromatic nitrogens is 1. The summed E-state index contributed by atoms with van der Waals surface area (Å²) in [5.41, 5.74) is 7.73. The minimum atomic E-state index is 0.273. The van der Waals surface area contributed by atoms with Gasteiger partial charge in [-0.1, -0.05) is 36.7 Å². The number of hydrogen-bond acceptors (Lipinski definition) is 1. The van der Waals surface area contributed by atoms with E-state index in [0.717, 1.165) is 21.6 Å². The Bertz CT molecular complexity index is 447. The van der Waals surface area contributed by atoms with Gasteiger partial charge in [-0.05, 0) is 6.07 Å². The maximum absolute atomic E-state index is 6.24. The lowest BCUT2D eigenvalue weighted by atomic mass is 10.1. The molecular weight excluding hydrogens is 196 g/mol. The SMILES string of the molecule is CC(CN)c1[nH]c2ccccc2c1Cl. The van der Waals surface area contributed by atoms with Gasteiger partial charge >= 0.3 is 0 Å². The van der Waals surface area contributed by atoms with Crippen molar-refractivity contribution < 1.29 is 0 Å². The van der Waals surface area contributed by atoms with E-state index in [-0.39, 0.29) is 5.92 Å². The molecule has 0 saturated carbocycles. The van der Waals surface area contributed by atoms with Crippen LogP contribution in [0.4, 0.5) is 0 Å². The lowest BCUT2D eigenvalue weighted by molar-refractivity contribution is 0.754. The van der Waals surface area contributed by atoms with Crippen LogP contribution >= 0.6 is 11.6 Å². The van der Waals surface area contributed by atoms with Crippen molar-refractivity contribution in [1.82, 2.24) is 4.98 Å². The van der Waals surface area contributed by atoms with E-state index in [1.807, 2.05) is 24.3 Å². The standard InChI is InChI=1S/C11H13ClN2/c1-7(6-13)11-10(12)8-4-2-3-5-9(8)14-11/h2-5,7,14H,6,13H2,1H3. The van der Waals surface area contributed by atoms with E-state index in [9.17, 15) is 0 Å². The molecule has 0 radical (unpaired) electrons. The van der Waals surface area contributed by atoms with E-state index in [1.165, 1.54) is 0 Å². The zero-order valence-electron chi connectivity index (χ0n) is 8.05. The van der Waals surface area contributed by atoms with Crippen molar-refractivity contribution in [2.24, 2.45) is 5.73 Å². The summed E-state index contributed by atoms with van der Waals surface area (Å²) in [6, 6.07) is 8.01. The zero-order chi connectivity index (χ0) is 10.1. The topological polar surface area (TPSA) is 41.8 Å². The van der Waals surface area contributed by atoms with Crippen molar-refractivity contribution >= 4 is 22.5 Å². The summed E-state index contributed by atoms with van der Waals surface area (Å²) in [5.74, 6) is 0.273. The van der Waals surface area contributed by atoms with Crippen molar-refractivity contribution in [3.8, 4) is 0 Å². The van der Waals surface area contributed by atoms with Gasteiger partial charge in [0.1, 0.15) is 0 Å². The van der Waals surface area contributed by atoms with Gasteiger partial charge < -0.3 is 10.7 Å². The molecule has 14 heavy (non-hydrogen) atoms. The van der Waals surface area contributed by atoms with Crippen LogP contribution in [0.25, 0.3) is 10.9 Å². The lowest BCUT2D eigenvalue weighted by Crippen LogP contribution is -2.09. The molecule has 1 unspecified atom stereocenters. The van der Waals surface area contributed by atoms with Crippen LogP contribution in [0.2, 0.25) is 5.02 Å². The van der Waals surface area contributed by atoms with Crippen LogP contribution in [0.5, 0.6) is 0 Å². The van der Waals surface area contributed by atoms with Crippen LogP contribution in [-0.4, -0.2) is 11.5 Å². The van der Waals surface area contributed by atoms with Gasteiger partial charge in [0.15, 0.2) is 0 Å². The Balaban J connectivity index is 2.62. The number of hydrogen-bond donors (Lipinski definition) is 2. The normalized spacial score (nSPS) is 13.4. The van der Waals surface area contributed by atoms with E-state index >= 15 is 0 Å². The van der Waals surface area contributed by atoms with Crippen LogP contribution < -0.4 is 5.73 Å². The summed E-state index contributed by atoms with van der Waals surface area (Å²) >= 11 is 6.24. The molecule has 0 fully saturated rings. The van der Waals surface area contributed by atoms with Crippen molar-refractivity contribution in [3.63, 3.8) is 0 Å². The average Bonchev–Trinajstić information content (AvgIpc) is 2.56. The Kier molecular flexibility index (Phi) is 2.48. The highest BCUT2D eigenvalue weighted by atomic mass is 35.5. The number of para-hydroxylation sites is 1. The first-order chi connectivity index (χ1) is 6.74. The van der Waals surface area contributed by atoms with E-state index in [0.29, 0.717) is 6.54 Å². The average molecular weight is 209 g/mol. The lowest BCUT2D eigenvalue weighted by Gasteiger charge is -2.05. The van der Waals surface area contributed by atoms with E-state index in [1.54, 1.807) is 0 Å². The predicted molar refractivity (Wildman–Crippen MR) is 60.8 cm³/mol. The number of nitrogens with one attached hydrogen (secondary N) is 1. The molecule has 0 aliphatic rings. The molecule has 0 aliphatic carbocycles. The summed E-state index contributed by atoms with van der Waals surface area (Å²) in [6.07, 6.45) is 0. The van der Waals surface area contributed by atoms with Gasteiger partial charge in [-0.3, -0.25) is 0 Å². The Morgan fingerprint density at radius 3 is 2.79 bits per heavy atom. The van der Waals surface area contributed by atoms with Crippen molar-refractivity contribution in [3.05, 3.63) is 35.0 Å². The quantitative estimate of drug-likeness (QED) is 0.783. The Morgan fingerprint density at radius 2 is 2.14 bits per heavy atom. The van der Waals surface area contributed by atoms with E-state index < -0.39 is 0 Å². The fourth-order valence-electron chi connectivity index (χ4n) is 1.59. The Hall–Kier alpha value is -0.990. The molecule has 3 N–H and O–H groups in total. The number of benzene rings is 1. The van der Waals surface area contributed by atoms with Crippen molar-refractivity contribution in [1.29, 1.82) is 0 Å². The number of nitrogens with two attached hydrogens (primary N) is 1. The second-order valence-corrected chi connectivity index (χ2v) is 3.91. The maximum atomic E-state index is 6.24. The molecule has 0 amide bonds. The third-order valence-corrected chi connectivity index (χ3v) is 2.92. The van der Waals surface area contributed by atoms with Gasteiger partial charge in [0.05, 0.1) is 5.02 Å². The summed E-state index contributed by atoms with van der Waals surface area (Å²) in [5, 5.41) is 1.88.